The molecule has 0 aliphatic rings. The van der Waals surface area contributed by atoms with Crippen molar-refractivity contribution in [2.24, 2.45) is 0 Å². The number of carbonyl (C=O) groups is 1. The maximum atomic E-state index is 12.6. The van der Waals surface area contributed by atoms with E-state index in [2.05, 4.69) is 20.4 Å². The van der Waals surface area contributed by atoms with E-state index in [-0.39, 0.29) is 17.3 Å². The van der Waals surface area contributed by atoms with Gasteiger partial charge < -0.3 is 5.32 Å². The van der Waals surface area contributed by atoms with Gasteiger partial charge in [-0.05, 0) is 23.8 Å². The van der Waals surface area contributed by atoms with Gasteiger partial charge in [-0.2, -0.15) is 0 Å². The predicted molar refractivity (Wildman–Crippen MR) is 90.0 cm³/mol. The molecule has 3 heterocycles. The quantitative estimate of drug-likeness (QED) is 0.686. The van der Waals surface area contributed by atoms with Crippen LogP contribution in [0.5, 0.6) is 0 Å². The van der Waals surface area contributed by atoms with Crippen molar-refractivity contribution in [2.75, 3.05) is 5.88 Å². The Morgan fingerprint density at radius 1 is 1.33 bits per heavy atom. The molecule has 122 valence electrons. The molecule has 24 heavy (non-hydrogen) atoms. The zero-order valence-corrected chi connectivity index (χ0v) is 13.3. The van der Waals surface area contributed by atoms with Gasteiger partial charge in [0.05, 0.1) is 5.56 Å². The number of nitrogens with one attached hydrogen (secondary N) is 2. The zero-order chi connectivity index (χ0) is 16.9. The van der Waals surface area contributed by atoms with Crippen LogP contribution in [0.15, 0.2) is 53.8 Å². The van der Waals surface area contributed by atoms with Crippen LogP contribution in [0, 0.1) is 0 Å². The Labute approximate surface area is 142 Å². The van der Waals surface area contributed by atoms with Gasteiger partial charge in [0.15, 0.2) is 5.82 Å². The van der Waals surface area contributed by atoms with E-state index in [1.807, 2.05) is 6.07 Å². The molecule has 0 radical (unpaired) electrons. The monoisotopic (exact) mass is 343 g/mol. The molecule has 0 fully saturated rings. The maximum Gasteiger partial charge on any atom is 0.280 e. The highest BCUT2D eigenvalue weighted by atomic mass is 35.5. The highest BCUT2D eigenvalue weighted by molar-refractivity contribution is 6.27. The van der Waals surface area contributed by atoms with Crippen LogP contribution in [0.4, 0.5) is 0 Å². The molecule has 3 aromatic rings. The smallest absolute Gasteiger partial charge is 0.280 e. The van der Waals surface area contributed by atoms with Gasteiger partial charge in [0.2, 0.25) is 5.91 Å². The molecular formula is C16H14ClN5O2. The summed E-state index contributed by atoms with van der Waals surface area (Å²) in [5.41, 5.74) is 1.81. The van der Waals surface area contributed by atoms with Crippen LogP contribution in [-0.4, -0.2) is 31.5 Å². The highest BCUT2D eigenvalue weighted by Gasteiger charge is 2.11. The highest BCUT2D eigenvalue weighted by Crippen LogP contribution is 2.13. The van der Waals surface area contributed by atoms with E-state index in [4.69, 9.17) is 11.6 Å². The first-order valence-corrected chi connectivity index (χ1v) is 7.71. The largest absolute Gasteiger partial charge is 0.351 e. The van der Waals surface area contributed by atoms with Crippen LogP contribution in [0.2, 0.25) is 0 Å². The van der Waals surface area contributed by atoms with Crippen molar-refractivity contribution in [3.63, 3.8) is 0 Å². The second-order valence-corrected chi connectivity index (χ2v) is 5.27. The molecule has 8 heteroatoms. The fourth-order valence-corrected chi connectivity index (χ4v) is 2.30. The Balaban J connectivity index is 1.89. The van der Waals surface area contributed by atoms with Gasteiger partial charge in [-0.1, -0.05) is 6.07 Å². The number of carbonyl (C=O) groups excluding carboxylic acids is 1. The van der Waals surface area contributed by atoms with Crippen LogP contribution in [-0.2, 0) is 11.3 Å². The number of H-pyrrole nitrogens is 1. The molecule has 1 amide bonds. The van der Waals surface area contributed by atoms with Crippen molar-refractivity contribution in [1.82, 2.24) is 25.1 Å². The van der Waals surface area contributed by atoms with Crippen LogP contribution in [0.3, 0.4) is 0 Å². The van der Waals surface area contributed by atoms with Crippen LogP contribution < -0.4 is 10.9 Å². The summed E-state index contributed by atoms with van der Waals surface area (Å²) < 4.78 is 1.34. The molecule has 2 N–H and O–H groups in total. The first-order chi connectivity index (χ1) is 11.7. The van der Waals surface area contributed by atoms with E-state index in [0.29, 0.717) is 17.9 Å². The summed E-state index contributed by atoms with van der Waals surface area (Å²) in [4.78, 5) is 32.0. The van der Waals surface area contributed by atoms with Gasteiger partial charge in [-0.3, -0.25) is 19.7 Å². The summed E-state index contributed by atoms with van der Waals surface area (Å²) in [6.07, 6.45) is 6.47. The molecule has 0 saturated carbocycles. The number of aromatic nitrogens is 4. The Morgan fingerprint density at radius 3 is 2.96 bits per heavy atom. The molecular weight excluding hydrogens is 330 g/mol. The third kappa shape index (κ3) is 3.36. The lowest BCUT2D eigenvalue weighted by Crippen LogP contribution is -2.24. The minimum Gasteiger partial charge on any atom is -0.351 e. The third-order valence-electron chi connectivity index (χ3n) is 3.39. The Hall–Kier alpha value is -2.93. The second kappa shape index (κ2) is 7.10. The van der Waals surface area contributed by atoms with Gasteiger partial charge in [-0.15, -0.1) is 11.6 Å². The molecule has 7 nitrogen and oxygen atoms in total. The number of hydrogen-bond acceptors (Lipinski definition) is 4. The fraction of sp³-hybridized carbons (Fsp3) is 0.125. The Kier molecular flexibility index (Phi) is 4.72. The first-order valence-electron chi connectivity index (χ1n) is 7.18. The molecule has 0 atom stereocenters. The number of pyridine rings is 2. The van der Waals surface area contributed by atoms with E-state index >= 15 is 0 Å². The van der Waals surface area contributed by atoms with Crippen LogP contribution in [0.1, 0.15) is 5.56 Å². The summed E-state index contributed by atoms with van der Waals surface area (Å²) in [5, 5.41) is 5.57. The van der Waals surface area contributed by atoms with Crippen LogP contribution >= 0.6 is 11.6 Å². The van der Waals surface area contributed by atoms with Gasteiger partial charge >= 0.3 is 0 Å². The van der Waals surface area contributed by atoms with Crippen molar-refractivity contribution >= 4 is 17.5 Å². The second-order valence-electron chi connectivity index (χ2n) is 5.00. The number of hydrogen-bond donors (Lipinski definition) is 2. The molecule has 0 spiro atoms. The van der Waals surface area contributed by atoms with Crippen LogP contribution in [0.25, 0.3) is 16.9 Å². The molecule has 0 bridgehead atoms. The lowest BCUT2D eigenvalue weighted by molar-refractivity contribution is -0.118. The lowest BCUT2D eigenvalue weighted by Gasteiger charge is -2.05. The van der Waals surface area contributed by atoms with Gasteiger partial charge in [0.1, 0.15) is 5.88 Å². The number of halogens is 1. The summed E-state index contributed by atoms with van der Waals surface area (Å²) >= 11 is 5.45. The van der Waals surface area contributed by atoms with E-state index in [9.17, 15) is 9.59 Å². The summed E-state index contributed by atoms with van der Waals surface area (Å²) in [6, 6.07) is 7.06. The van der Waals surface area contributed by atoms with Gasteiger partial charge in [0, 0.05) is 36.9 Å². The van der Waals surface area contributed by atoms with Crippen molar-refractivity contribution in [1.29, 1.82) is 0 Å². The van der Waals surface area contributed by atoms with Crippen molar-refractivity contribution in [3.8, 4) is 16.9 Å². The number of rotatable bonds is 5. The summed E-state index contributed by atoms with van der Waals surface area (Å²) in [6.45, 7) is 0.312. The van der Waals surface area contributed by atoms with Gasteiger partial charge in [-0.25, -0.2) is 9.67 Å². The van der Waals surface area contributed by atoms with E-state index < -0.39 is 0 Å². The minimum atomic E-state index is -0.258. The summed E-state index contributed by atoms with van der Waals surface area (Å²) in [7, 11) is 0. The first kappa shape index (κ1) is 15.9. The fourth-order valence-electron chi connectivity index (χ4n) is 2.21. The van der Waals surface area contributed by atoms with Gasteiger partial charge in [0.25, 0.3) is 5.56 Å². The van der Waals surface area contributed by atoms with Crippen molar-refractivity contribution in [2.45, 2.75) is 6.54 Å². The van der Waals surface area contributed by atoms with E-state index in [0.717, 1.165) is 11.1 Å². The molecule has 0 unspecified atom stereocenters. The number of nitrogens with zero attached hydrogens (tertiary/aromatic N) is 3. The molecule has 0 aliphatic carbocycles. The summed E-state index contributed by atoms with van der Waals surface area (Å²) in [5.74, 6) is 0.0846. The number of amides is 1. The number of alkyl halides is 1. The SMILES string of the molecule is O=C(CCl)NCc1ccnc(-n2[nH]cc(-c3cccnc3)c2=O)c1. The number of aromatic amines is 1. The average Bonchev–Trinajstić information content (AvgIpc) is 3.02. The molecule has 3 rings (SSSR count). The normalized spacial score (nSPS) is 10.5. The molecule has 0 aromatic carbocycles. The van der Waals surface area contributed by atoms with E-state index in [1.165, 1.54) is 4.68 Å². The van der Waals surface area contributed by atoms with E-state index in [1.54, 1.807) is 43.0 Å². The Bertz CT molecular complexity index is 904. The molecule has 0 aliphatic heterocycles. The minimum absolute atomic E-state index is 0.0947. The van der Waals surface area contributed by atoms with Crippen molar-refractivity contribution < 1.29 is 4.79 Å². The lowest BCUT2D eigenvalue weighted by atomic mass is 10.2. The zero-order valence-electron chi connectivity index (χ0n) is 12.6. The predicted octanol–water partition coefficient (Wildman–Crippen LogP) is 1.48. The third-order valence-corrected chi connectivity index (χ3v) is 3.64. The standard InChI is InChI=1S/C16H14ClN5O2/c17-7-15(23)20-8-11-3-5-19-14(6-11)22-16(24)13(10-21-22)12-2-1-4-18-9-12/h1-6,9-10,21H,7-8H2,(H,20,23). The van der Waals surface area contributed by atoms with Crippen molar-refractivity contribution in [3.05, 3.63) is 65.0 Å². The molecule has 0 saturated heterocycles. The topological polar surface area (TPSA) is 92.7 Å². The molecule has 3 aromatic heterocycles. The average molecular weight is 344 g/mol. The Morgan fingerprint density at radius 2 is 2.21 bits per heavy atom. The maximum absolute atomic E-state index is 12.6.